The van der Waals surface area contributed by atoms with E-state index in [1.54, 1.807) is 41.3 Å². The minimum atomic E-state index is -0.816. The van der Waals surface area contributed by atoms with Crippen LogP contribution in [0.5, 0.6) is 5.75 Å². The molecule has 3 aromatic rings. The zero-order valence-electron chi connectivity index (χ0n) is 18.0. The maximum absolute atomic E-state index is 13.6. The van der Waals surface area contributed by atoms with E-state index >= 15 is 0 Å². The molecule has 2 amide bonds. The van der Waals surface area contributed by atoms with Crippen molar-refractivity contribution in [1.29, 1.82) is 0 Å². The number of rotatable bonds is 3. The molecule has 3 aromatic carbocycles. The second-order valence-electron chi connectivity index (χ2n) is 7.98. The van der Waals surface area contributed by atoms with E-state index in [-0.39, 0.29) is 18.4 Å². The molecule has 0 radical (unpaired) electrons. The standard InChI is InChI=1S/C26H22N2O5/c1-27-24(29)23-15-28(20-9-5-6-10-21(20)32-23)25(30)17-11-12-19-18(13-17)14-22(33-26(19)31)16-7-3-2-4-8-16/h2-13,22-23H,14-15H2,1H3,(H,27,29)/t22-,23-/m0/s1. The lowest BCUT2D eigenvalue weighted by atomic mass is 9.93. The number of para-hydroxylation sites is 2. The molecule has 2 aliphatic heterocycles. The number of likely N-dealkylation sites (N-methyl/N-ethyl adjacent to an activating group) is 1. The lowest BCUT2D eigenvalue weighted by Crippen LogP contribution is -2.50. The molecule has 0 aliphatic carbocycles. The van der Waals surface area contributed by atoms with Crippen molar-refractivity contribution in [2.45, 2.75) is 18.6 Å². The third-order valence-corrected chi connectivity index (χ3v) is 5.96. The Morgan fingerprint density at radius 2 is 1.73 bits per heavy atom. The normalized spacial score (nSPS) is 18.9. The Morgan fingerprint density at radius 3 is 2.52 bits per heavy atom. The van der Waals surface area contributed by atoms with Gasteiger partial charge in [0.1, 0.15) is 11.9 Å². The molecular formula is C26H22N2O5. The Morgan fingerprint density at radius 1 is 0.970 bits per heavy atom. The highest BCUT2D eigenvalue weighted by Gasteiger charge is 2.35. The number of ether oxygens (including phenoxy) is 2. The summed E-state index contributed by atoms with van der Waals surface area (Å²) in [5.74, 6) is -0.504. The quantitative estimate of drug-likeness (QED) is 0.630. The molecule has 0 aromatic heterocycles. The number of amides is 2. The van der Waals surface area contributed by atoms with Gasteiger partial charge in [-0.2, -0.15) is 0 Å². The van der Waals surface area contributed by atoms with Crippen LogP contribution in [0.4, 0.5) is 5.69 Å². The Balaban J connectivity index is 1.47. The molecule has 0 fully saturated rings. The van der Waals surface area contributed by atoms with Gasteiger partial charge in [0, 0.05) is 19.0 Å². The van der Waals surface area contributed by atoms with E-state index in [0.717, 1.165) is 11.1 Å². The average Bonchev–Trinajstić information content (AvgIpc) is 2.87. The van der Waals surface area contributed by atoms with Crippen LogP contribution in [-0.2, 0) is 16.0 Å². The number of carbonyl (C=O) groups excluding carboxylic acids is 3. The Hall–Kier alpha value is -4.13. The molecule has 5 rings (SSSR count). The molecule has 7 nitrogen and oxygen atoms in total. The fourth-order valence-corrected chi connectivity index (χ4v) is 4.26. The highest BCUT2D eigenvalue weighted by atomic mass is 16.5. The first-order chi connectivity index (χ1) is 16.0. The van der Waals surface area contributed by atoms with Gasteiger partial charge in [0.15, 0.2) is 6.10 Å². The van der Waals surface area contributed by atoms with Crippen molar-refractivity contribution in [3.05, 3.63) is 95.1 Å². The van der Waals surface area contributed by atoms with E-state index in [9.17, 15) is 14.4 Å². The monoisotopic (exact) mass is 442 g/mol. The predicted octanol–water partition coefficient (Wildman–Crippen LogP) is 3.29. The Labute approximate surface area is 190 Å². The maximum atomic E-state index is 13.6. The number of nitrogens with zero attached hydrogens (tertiary/aromatic N) is 1. The van der Waals surface area contributed by atoms with Crippen LogP contribution in [0.3, 0.4) is 0 Å². The summed E-state index contributed by atoms with van der Waals surface area (Å²) >= 11 is 0. The Kier molecular flexibility index (Phi) is 5.30. The molecule has 166 valence electrons. The number of benzene rings is 3. The summed E-state index contributed by atoms with van der Waals surface area (Å²) in [5, 5.41) is 2.58. The van der Waals surface area contributed by atoms with E-state index in [0.29, 0.717) is 29.0 Å². The van der Waals surface area contributed by atoms with E-state index in [4.69, 9.17) is 9.47 Å². The molecule has 0 saturated carbocycles. The van der Waals surface area contributed by atoms with E-state index < -0.39 is 18.2 Å². The van der Waals surface area contributed by atoms with Crippen molar-refractivity contribution >= 4 is 23.5 Å². The highest BCUT2D eigenvalue weighted by Crippen LogP contribution is 2.35. The number of fused-ring (bicyclic) bond motifs is 2. The summed E-state index contributed by atoms with van der Waals surface area (Å²) < 4.78 is 11.4. The summed E-state index contributed by atoms with van der Waals surface area (Å²) in [5.41, 5.74) is 3.16. The van der Waals surface area contributed by atoms with E-state index in [2.05, 4.69) is 5.32 Å². The molecule has 33 heavy (non-hydrogen) atoms. The molecule has 0 unspecified atom stereocenters. The third-order valence-electron chi connectivity index (χ3n) is 5.96. The van der Waals surface area contributed by atoms with Crippen molar-refractivity contribution in [2.24, 2.45) is 0 Å². The number of carbonyl (C=O) groups is 3. The smallest absolute Gasteiger partial charge is 0.339 e. The lowest BCUT2D eigenvalue weighted by molar-refractivity contribution is -0.127. The molecule has 0 saturated heterocycles. The molecule has 2 aliphatic rings. The number of anilines is 1. The Bertz CT molecular complexity index is 1240. The van der Waals surface area contributed by atoms with E-state index in [1.807, 2.05) is 36.4 Å². The van der Waals surface area contributed by atoms with Gasteiger partial charge in [-0.05, 0) is 41.5 Å². The largest absolute Gasteiger partial charge is 0.477 e. The number of cyclic esters (lactones) is 1. The summed E-state index contributed by atoms with van der Waals surface area (Å²) in [4.78, 5) is 40.0. The van der Waals surface area contributed by atoms with Gasteiger partial charge in [0.2, 0.25) is 0 Å². The van der Waals surface area contributed by atoms with Gasteiger partial charge in [-0.25, -0.2) is 4.79 Å². The predicted molar refractivity (Wildman–Crippen MR) is 121 cm³/mol. The fraction of sp³-hybridized carbons (Fsp3) is 0.192. The van der Waals surface area contributed by atoms with Crippen LogP contribution >= 0.6 is 0 Å². The molecule has 0 bridgehead atoms. The number of hydrogen-bond acceptors (Lipinski definition) is 5. The molecule has 2 heterocycles. The molecule has 2 atom stereocenters. The third kappa shape index (κ3) is 3.82. The molecule has 1 N–H and O–H groups in total. The average molecular weight is 442 g/mol. The van der Waals surface area contributed by atoms with Crippen molar-refractivity contribution < 1.29 is 23.9 Å². The first kappa shape index (κ1) is 20.8. The van der Waals surface area contributed by atoms with Crippen molar-refractivity contribution in [3.63, 3.8) is 0 Å². The molecular weight excluding hydrogens is 420 g/mol. The zero-order chi connectivity index (χ0) is 22.9. The minimum Gasteiger partial charge on any atom is -0.477 e. The van der Waals surface area contributed by atoms with Crippen LogP contribution in [-0.4, -0.2) is 37.5 Å². The van der Waals surface area contributed by atoms with Gasteiger partial charge in [-0.3, -0.25) is 9.59 Å². The van der Waals surface area contributed by atoms with Gasteiger partial charge in [-0.15, -0.1) is 0 Å². The van der Waals surface area contributed by atoms with Crippen LogP contribution in [0.1, 0.15) is 37.9 Å². The summed E-state index contributed by atoms with van der Waals surface area (Å²) in [7, 11) is 1.53. The number of hydrogen-bond donors (Lipinski definition) is 1. The van der Waals surface area contributed by atoms with Crippen molar-refractivity contribution in [2.75, 3.05) is 18.5 Å². The van der Waals surface area contributed by atoms with Crippen LogP contribution < -0.4 is 15.0 Å². The lowest BCUT2D eigenvalue weighted by Gasteiger charge is -2.34. The fourth-order valence-electron chi connectivity index (χ4n) is 4.26. The van der Waals surface area contributed by atoms with Crippen molar-refractivity contribution in [1.82, 2.24) is 5.32 Å². The van der Waals surface area contributed by atoms with Crippen LogP contribution in [0.25, 0.3) is 0 Å². The topological polar surface area (TPSA) is 84.9 Å². The van der Waals surface area contributed by atoms with Gasteiger partial charge < -0.3 is 19.7 Å². The SMILES string of the molecule is CNC(=O)[C@@H]1CN(C(=O)c2ccc3c(c2)C[C@@H](c2ccccc2)OC3=O)c2ccccc2O1. The summed E-state index contributed by atoms with van der Waals surface area (Å²) in [6.45, 7) is 0.0846. The summed E-state index contributed by atoms with van der Waals surface area (Å²) in [6.07, 6.45) is -0.741. The zero-order valence-corrected chi connectivity index (χ0v) is 18.0. The maximum Gasteiger partial charge on any atom is 0.339 e. The number of nitrogens with one attached hydrogen (secondary N) is 1. The van der Waals surface area contributed by atoms with Crippen LogP contribution in [0, 0.1) is 0 Å². The number of esters is 1. The molecule has 0 spiro atoms. The first-order valence-corrected chi connectivity index (χ1v) is 10.7. The van der Waals surface area contributed by atoms with Gasteiger partial charge >= 0.3 is 5.97 Å². The minimum absolute atomic E-state index is 0.0846. The molecule has 7 heteroatoms. The van der Waals surface area contributed by atoms with Crippen LogP contribution in [0.2, 0.25) is 0 Å². The van der Waals surface area contributed by atoms with Gasteiger partial charge in [-0.1, -0.05) is 42.5 Å². The van der Waals surface area contributed by atoms with Crippen LogP contribution in [0.15, 0.2) is 72.8 Å². The summed E-state index contributed by atoms with van der Waals surface area (Å²) in [6, 6.07) is 21.7. The second-order valence-corrected chi connectivity index (χ2v) is 7.98. The highest BCUT2D eigenvalue weighted by molar-refractivity contribution is 6.08. The second kappa shape index (κ2) is 8.43. The first-order valence-electron chi connectivity index (χ1n) is 10.7. The van der Waals surface area contributed by atoms with Crippen molar-refractivity contribution in [3.8, 4) is 5.75 Å². The van der Waals surface area contributed by atoms with Gasteiger partial charge in [0.05, 0.1) is 17.8 Å². The van der Waals surface area contributed by atoms with Gasteiger partial charge in [0.25, 0.3) is 11.8 Å². The van der Waals surface area contributed by atoms with E-state index in [1.165, 1.54) is 7.05 Å².